The van der Waals surface area contributed by atoms with Gasteiger partial charge in [-0.2, -0.15) is 0 Å². The Hall–Kier alpha value is -0.250. The van der Waals surface area contributed by atoms with Crippen LogP contribution < -0.4 is 10.6 Å². The van der Waals surface area contributed by atoms with Crippen LogP contribution in [0.25, 0.3) is 0 Å². The molecule has 2 nitrogen and oxygen atoms in total. The maximum Gasteiger partial charge on any atom is 0.0526 e. The Morgan fingerprint density at radius 1 is 1.50 bits per heavy atom. The zero-order valence-electron chi connectivity index (χ0n) is 9.34. The number of piperidine rings is 1. The third kappa shape index (κ3) is 2.53. The lowest BCUT2D eigenvalue weighted by Gasteiger charge is -2.33. The van der Waals surface area contributed by atoms with E-state index in [0.29, 0.717) is 0 Å². The molecule has 2 rings (SSSR count). The van der Waals surface area contributed by atoms with Crippen LogP contribution in [-0.2, 0) is 0 Å². The van der Waals surface area contributed by atoms with Crippen molar-refractivity contribution in [2.24, 2.45) is 5.73 Å². The topological polar surface area (TPSA) is 29.3 Å². The lowest BCUT2D eigenvalue weighted by atomic mass is 10.1. The average molecular weight is 304 g/mol. The Kier molecular flexibility index (Phi) is 3.77. The van der Waals surface area contributed by atoms with Gasteiger partial charge in [-0.15, -0.1) is 0 Å². The first-order valence-corrected chi connectivity index (χ1v) is 6.71. The molecule has 16 heavy (non-hydrogen) atoms. The number of rotatable bonds is 1. The summed E-state index contributed by atoms with van der Waals surface area (Å²) in [5.41, 5.74) is 8.24. The molecule has 1 heterocycles. The Balaban J connectivity index is 2.29. The highest BCUT2D eigenvalue weighted by Crippen LogP contribution is 2.33. The molecule has 0 saturated carbocycles. The molecule has 1 saturated heterocycles. The van der Waals surface area contributed by atoms with Gasteiger partial charge >= 0.3 is 0 Å². The Morgan fingerprint density at radius 2 is 2.25 bits per heavy atom. The van der Waals surface area contributed by atoms with E-state index in [-0.39, 0.29) is 6.04 Å². The summed E-state index contributed by atoms with van der Waals surface area (Å²) in [7, 11) is 0. The van der Waals surface area contributed by atoms with Gasteiger partial charge in [0, 0.05) is 28.6 Å². The van der Waals surface area contributed by atoms with Crippen LogP contribution in [0.3, 0.4) is 0 Å². The third-order valence-electron chi connectivity index (χ3n) is 3.03. The van der Waals surface area contributed by atoms with Crippen LogP contribution in [0.2, 0.25) is 5.02 Å². The zero-order valence-corrected chi connectivity index (χ0v) is 11.7. The molecule has 1 fully saturated rings. The second-order valence-electron chi connectivity index (χ2n) is 4.40. The van der Waals surface area contributed by atoms with Crippen molar-refractivity contribution in [1.29, 1.82) is 0 Å². The summed E-state index contributed by atoms with van der Waals surface area (Å²) < 4.78 is 1.10. The van der Waals surface area contributed by atoms with E-state index in [4.69, 9.17) is 17.3 Å². The predicted octanol–water partition coefficient (Wildman–Crippen LogP) is 3.34. The molecular weight excluding hydrogens is 288 g/mol. The van der Waals surface area contributed by atoms with E-state index in [9.17, 15) is 0 Å². The van der Waals surface area contributed by atoms with Crippen molar-refractivity contribution < 1.29 is 0 Å². The van der Waals surface area contributed by atoms with Gasteiger partial charge in [0.2, 0.25) is 0 Å². The van der Waals surface area contributed by atoms with E-state index in [1.54, 1.807) is 0 Å². The highest BCUT2D eigenvalue weighted by atomic mass is 79.9. The maximum absolute atomic E-state index is 6.16. The van der Waals surface area contributed by atoms with Crippen LogP contribution in [-0.4, -0.2) is 19.1 Å². The summed E-state index contributed by atoms with van der Waals surface area (Å²) in [6, 6.07) is 4.37. The monoisotopic (exact) mass is 302 g/mol. The SMILES string of the molecule is Cc1cc(Br)c(N2CCCC(N)C2)cc1Cl. The maximum atomic E-state index is 6.16. The van der Waals surface area contributed by atoms with Crippen molar-refractivity contribution in [2.75, 3.05) is 18.0 Å². The van der Waals surface area contributed by atoms with Gasteiger partial charge in [-0.3, -0.25) is 0 Å². The van der Waals surface area contributed by atoms with Crippen molar-refractivity contribution >= 4 is 33.2 Å². The Morgan fingerprint density at radius 3 is 2.94 bits per heavy atom. The zero-order chi connectivity index (χ0) is 11.7. The van der Waals surface area contributed by atoms with Crippen LogP contribution in [0.15, 0.2) is 16.6 Å². The number of benzene rings is 1. The summed E-state index contributed by atoms with van der Waals surface area (Å²) in [6.45, 7) is 3.99. The van der Waals surface area contributed by atoms with E-state index in [2.05, 4.69) is 26.9 Å². The van der Waals surface area contributed by atoms with E-state index in [0.717, 1.165) is 46.7 Å². The molecule has 0 amide bonds. The second kappa shape index (κ2) is 4.94. The fourth-order valence-electron chi connectivity index (χ4n) is 2.11. The number of hydrogen-bond donors (Lipinski definition) is 1. The second-order valence-corrected chi connectivity index (χ2v) is 5.66. The molecule has 0 spiro atoms. The van der Waals surface area contributed by atoms with E-state index in [1.165, 1.54) is 0 Å². The Bertz CT molecular complexity index is 395. The van der Waals surface area contributed by atoms with Crippen molar-refractivity contribution in [3.05, 3.63) is 27.2 Å². The summed E-state index contributed by atoms with van der Waals surface area (Å²) in [4.78, 5) is 2.31. The highest BCUT2D eigenvalue weighted by Gasteiger charge is 2.19. The number of anilines is 1. The summed E-state index contributed by atoms with van der Waals surface area (Å²) in [5, 5.41) is 0.817. The van der Waals surface area contributed by atoms with E-state index >= 15 is 0 Å². The van der Waals surface area contributed by atoms with Gasteiger partial charge in [0.1, 0.15) is 0 Å². The van der Waals surface area contributed by atoms with Crippen LogP contribution in [0, 0.1) is 6.92 Å². The van der Waals surface area contributed by atoms with Gasteiger partial charge < -0.3 is 10.6 Å². The van der Waals surface area contributed by atoms with Crippen LogP contribution in [0.4, 0.5) is 5.69 Å². The van der Waals surface area contributed by atoms with Gasteiger partial charge in [-0.05, 0) is 53.4 Å². The standard InChI is InChI=1S/C12H16BrClN2/c1-8-5-10(13)12(6-11(8)14)16-4-2-3-9(15)7-16/h5-6,9H,2-4,7,15H2,1H3. The van der Waals surface area contributed by atoms with Crippen molar-refractivity contribution in [2.45, 2.75) is 25.8 Å². The minimum Gasteiger partial charge on any atom is -0.369 e. The summed E-state index contributed by atoms with van der Waals surface area (Å²) >= 11 is 9.76. The molecule has 0 aromatic heterocycles. The minimum atomic E-state index is 0.278. The van der Waals surface area contributed by atoms with Crippen molar-refractivity contribution in [1.82, 2.24) is 0 Å². The molecule has 0 bridgehead atoms. The molecule has 0 radical (unpaired) electrons. The van der Waals surface area contributed by atoms with Gasteiger partial charge in [0.25, 0.3) is 0 Å². The van der Waals surface area contributed by atoms with Crippen LogP contribution >= 0.6 is 27.5 Å². The quantitative estimate of drug-likeness (QED) is 0.862. The number of nitrogens with zero attached hydrogens (tertiary/aromatic N) is 1. The van der Waals surface area contributed by atoms with Gasteiger partial charge in [-0.1, -0.05) is 11.6 Å². The molecule has 88 valence electrons. The summed E-state index contributed by atoms with van der Waals surface area (Å²) in [6.07, 6.45) is 2.27. The molecule has 1 aromatic rings. The largest absolute Gasteiger partial charge is 0.369 e. The minimum absolute atomic E-state index is 0.278. The fraction of sp³-hybridized carbons (Fsp3) is 0.500. The number of nitrogens with two attached hydrogens (primary N) is 1. The normalized spacial score (nSPS) is 21.2. The number of halogens is 2. The van der Waals surface area contributed by atoms with E-state index < -0.39 is 0 Å². The molecule has 1 aromatic carbocycles. The molecule has 1 aliphatic heterocycles. The first-order valence-electron chi connectivity index (χ1n) is 5.54. The number of aryl methyl sites for hydroxylation is 1. The number of hydrogen-bond acceptors (Lipinski definition) is 2. The first kappa shape index (κ1) is 12.2. The smallest absolute Gasteiger partial charge is 0.0526 e. The molecule has 1 aliphatic rings. The molecule has 0 aliphatic carbocycles. The van der Waals surface area contributed by atoms with Gasteiger partial charge in [0.15, 0.2) is 0 Å². The average Bonchev–Trinajstić information content (AvgIpc) is 2.23. The first-order chi connectivity index (χ1) is 7.58. The summed E-state index contributed by atoms with van der Waals surface area (Å²) in [5.74, 6) is 0. The molecule has 1 unspecified atom stereocenters. The van der Waals surface area contributed by atoms with Crippen LogP contribution in [0.1, 0.15) is 18.4 Å². The molecule has 4 heteroatoms. The van der Waals surface area contributed by atoms with E-state index in [1.807, 2.05) is 13.0 Å². The molecule has 1 atom stereocenters. The van der Waals surface area contributed by atoms with Crippen LogP contribution in [0.5, 0.6) is 0 Å². The Labute approximate surface area is 110 Å². The van der Waals surface area contributed by atoms with Gasteiger partial charge in [-0.25, -0.2) is 0 Å². The molecular formula is C12H16BrClN2. The lowest BCUT2D eigenvalue weighted by Crippen LogP contribution is -2.43. The van der Waals surface area contributed by atoms with Crippen molar-refractivity contribution in [3.8, 4) is 0 Å². The lowest BCUT2D eigenvalue weighted by molar-refractivity contribution is 0.506. The molecule has 2 N–H and O–H groups in total. The third-order valence-corrected chi connectivity index (χ3v) is 4.07. The van der Waals surface area contributed by atoms with Crippen molar-refractivity contribution in [3.63, 3.8) is 0 Å². The fourth-order valence-corrected chi connectivity index (χ4v) is 2.97. The predicted molar refractivity (Wildman–Crippen MR) is 73.3 cm³/mol. The highest BCUT2D eigenvalue weighted by molar-refractivity contribution is 9.10. The van der Waals surface area contributed by atoms with Gasteiger partial charge in [0.05, 0.1) is 5.69 Å².